The topological polar surface area (TPSA) is 64.3 Å². The Morgan fingerprint density at radius 1 is 1.57 bits per heavy atom. The van der Waals surface area contributed by atoms with Gasteiger partial charge in [0.2, 0.25) is 5.88 Å². The molecule has 5 nitrogen and oxygen atoms in total. The maximum absolute atomic E-state index is 5.55. The van der Waals surface area contributed by atoms with Crippen LogP contribution in [0.1, 0.15) is 0 Å². The van der Waals surface area contributed by atoms with Crippen LogP contribution in [-0.2, 0) is 0 Å². The van der Waals surface area contributed by atoms with E-state index < -0.39 is 0 Å². The van der Waals surface area contributed by atoms with Crippen LogP contribution in [0.25, 0.3) is 0 Å². The minimum absolute atomic E-state index is 0.603. The van der Waals surface area contributed by atoms with Crippen molar-refractivity contribution in [2.24, 2.45) is 11.7 Å². The molecule has 2 rings (SSSR count). The minimum atomic E-state index is 0.603. The van der Waals surface area contributed by atoms with E-state index in [4.69, 9.17) is 10.5 Å². The van der Waals surface area contributed by atoms with E-state index in [1.807, 2.05) is 6.07 Å². The summed E-state index contributed by atoms with van der Waals surface area (Å²) in [6, 6.07) is 1.84. The average Bonchev–Trinajstić information content (AvgIpc) is 2.17. The van der Waals surface area contributed by atoms with E-state index >= 15 is 0 Å². The summed E-state index contributed by atoms with van der Waals surface area (Å²) in [5.74, 6) is 2.13. The first-order chi connectivity index (χ1) is 6.83. The van der Waals surface area contributed by atoms with Crippen molar-refractivity contribution in [1.29, 1.82) is 0 Å². The Kier molecular flexibility index (Phi) is 2.49. The lowest BCUT2D eigenvalue weighted by molar-refractivity contribution is 0.392. The fourth-order valence-corrected chi connectivity index (χ4v) is 1.52. The molecule has 0 atom stereocenters. The van der Waals surface area contributed by atoms with E-state index in [2.05, 4.69) is 14.9 Å². The fourth-order valence-electron chi connectivity index (χ4n) is 1.52. The van der Waals surface area contributed by atoms with E-state index in [1.165, 1.54) is 6.33 Å². The average molecular weight is 194 g/mol. The molecule has 2 N–H and O–H groups in total. The molecule has 14 heavy (non-hydrogen) atoms. The van der Waals surface area contributed by atoms with Crippen LogP contribution in [0.4, 0.5) is 5.82 Å². The third-order valence-corrected chi connectivity index (χ3v) is 2.45. The van der Waals surface area contributed by atoms with Crippen molar-refractivity contribution in [2.45, 2.75) is 0 Å². The molecule has 0 amide bonds. The SMILES string of the molecule is COc1cc(N2CC(CN)C2)ncn1. The van der Waals surface area contributed by atoms with Gasteiger partial charge in [0.15, 0.2) is 0 Å². The van der Waals surface area contributed by atoms with Gasteiger partial charge in [-0.1, -0.05) is 0 Å². The van der Waals surface area contributed by atoms with Crippen molar-refractivity contribution in [2.75, 3.05) is 31.6 Å². The molecule has 1 aliphatic heterocycles. The highest BCUT2D eigenvalue weighted by atomic mass is 16.5. The highest BCUT2D eigenvalue weighted by Gasteiger charge is 2.26. The Morgan fingerprint density at radius 2 is 2.36 bits per heavy atom. The fraction of sp³-hybridized carbons (Fsp3) is 0.556. The van der Waals surface area contributed by atoms with Gasteiger partial charge in [0.25, 0.3) is 0 Å². The smallest absolute Gasteiger partial charge is 0.218 e. The molecule has 0 aromatic carbocycles. The summed E-state index contributed by atoms with van der Waals surface area (Å²) < 4.78 is 5.02. The number of rotatable bonds is 3. The number of nitrogens with two attached hydrogens (primary N) is 1. The lowest BCUT2D eigenvalue weighted by atomic mass is 10.0. The van der Waals surface area contributed by atoms with Crippen LogP contribution in [-0.4, -0.2) is 36.7 Å². The van der Waals surface area contributed by atoms with E-state index in [-0.39, 0.29) is 0 Å². The molecular weight excluding hydrogens is 180 g/mol. The van der Waals surface area contributed by atoms with Gasteiger partial charge >= 0.3 is 0 Å². The van der Waals surface area contributed by atoms with Gasteiger partial charge in [-0.3, -0.25) is 0 Å². The Bertz CT molecular complexity index is 311. The van der Waals surface area contributed by atoms with E-state index in [9.17, 15) is 0 Å². The first kappa shape index (κ1) is 9.21. The molecule has 0 bridgehead atoms. The normalized spacial score (nSPS) is 16.6. The summed E-state index contributed by atoms with van der Waals surface area (Å²) in [4.78, 5) is 10.3. The maximum Gasteiger partial charge on any atom is 0.218 e. The van der Waals surface area contributed by atoms with Crippen LogP contribution in [0.15, 0.2) is 12.4 Å². The molecule has 0 saturated carbocycles. The van der Waals surface area contributed by atoms with Crippen molar-refractivity contribution >= 4 is 5.82 Å². The van der Waals surface area contributed by atoms with Crippen molar-refractivity contribution in [1.82, 2.24) is 9.97 Å². The van der Waals surface area contributed by atoms with Crippen molar-refractivity contribution in [3.63, 3.8) is 0 Å². The van der Waals surface area contributed by atoms with Gasteiger partial charge in [0.1, 0.15) is 12.1 Å². The summed E-state index contributed by atoms with van der Waals surface area (Å²) in [6.07, 6.45) is 1.52. The number of hydrogen-bond donors (Lipinski definition) is 1. The highest BCUT2D eigenvalue weighted by molar-refractivity contribution is 5.43. The zero-order valence-corrected chi connectivity index (χ0v) is 8.18. The monoisotopic (exact) mass is 194 g/mol. The molecule has 1 aromatic rings. The standard InChI is InChI=1S/C9H14N4O/c1-14-9-2-8(11-6-12-9)13-4-7(3-10)5-13/h2,6-7H,3-5,10H2,1H3. The second-order valence-corrected chi connectivity index (χ2v) is 3.43. The van der Waals surface area contributed by atoms with Gasteiger partial charge in [0, 0.05) is 25.1 Å². The van der Waals surface area contributed by atoms with Crippen molar-refractivity contribution in [3.8, 4) is 5.88 Å². The zero-order valence-electron chi connectivity index (χ0n) is 8.18. The molecule has 0 radical (unpaired) electrons. The molecule has 1 aliphatic rings. The first-order valence-corrected chi connectivity index (χ1v) is 4.64. The Balaban J connectivity index is 2.03. The molecule has 0 unspecified atom stereocenters. The van der Waals surface area contributed by atoms with Gasteiger partial charge in [0.05, 0.1) is 7.11 Å². The van der Waals surface area contributed by atoms with Gasteiger partial charge in [-0.05, 0) is 6.54 Å². The number of anilines is 1. The van der Waals surface area contributed by atoms with Gasteiger partial charge in [-0.25, -0.2) is 9.97 Å². The molecule has 5 heteroatoms. The molecule has 0 spiro atoms. The summed E-state index contributed by atoms with van der Waals surface area (Å²) in [6.45, 7) is 2.71. The second kappa shape index (κ2) is 3.79. The Labute approximate surface area is 82.9 Å². The third kappa shape index (κ3) is 1.63. The summed E-state index contributed by atoms with van der Waals surface area (Å²) >= 11 is 0. The minimum Gasteiger partial charge on any atom is -0.481 e. The molecule has 0 aliphatic carbocycles. The molecule has 1 fully saturated rings. The van der Waals surface area contributed by atoms with Gasteiger partial charge in [-0.2, -0.15) is 0 Å². The van der Waals surface area contributed by atoms with Crippen molar-refractivity contribution in [3.05, 3.63) is 12.4 Å². The van der Waals surface area contributed by atoms with Crippen LogP contribution in [0.5, 0.6) is 5.88 Å². The van der Waals surface area contributed by atoms with Crippen LogP contribution < -0.4 is 15.4 Å². The van der Waals surface area contributed by atoms with Crippen LogP contribution >= 0.6 is 0 Å². The molecule has 1 saturated heterocycles. The lowest BCUT2D eigenvalue weighted by Gasteiger charge is -2.39. The summed E-state index contributed by atoms with van der Waals surface area (Å²) in [7, 11) is 1.60. The predicted octanol–water partition coefficient (Wildman–Crippen LogP) is -0.120. The molecular formula is C9H14N4O. The number of hydrogen-bond acceptors (Lipinski definition) is 5. The number of ether oxygens (including phenoxy) is 1. The second-order valence-electron chi connectivity index (χ2n) is 3.43. The van der Waals surface area contributed by atoms with E-state index in [0.717, 1.165) is 25.5 Å². The van der Waals surface area contributed by atoms with Crippen molar-refractivity contribution < 1.29 is 4.74 Å². The largest absolute Gasteiger partial charge is 0.481 e. The molecule has 2 heterocycles. The highest BCUT2D eigenvalue weighted by Crippen LogP contribution is 2.23. The molecule has 76 valence electrons. The Morgan fingerprint density at radius 3 is 3.00 bits per heavy atom. The van der Waals surface area contributed by atoms with Gasteiger partial charge < -0.3 is 15.4 Å². The summed E-state index contributed by atoms with van der Waals surface area (Å²) in [5, 5.41) is 0. The van der Waals surface area contributed by atoms with Gasteiger partial charge in [-0.15, -0.1) is 0 Å². The number of aromatic nitrogens is 2. The number of nitrogens with zero attached hydrogens (tertiary/aromatic N) is 3. The van der Waals surface area contributed by atoms with Crippen LogP contribution in [0.2, 0.25) is 0 Å². The van der Waals surface area contributed by atoms with Crippen LogP contribution in [0, 0.1) is 5.92 Å². The lowest BCUT2D eigenvalue weighted by Crippen LogP contribution is -2.50. The summed E-state index contributed by atoms with van der Waals surface area (Å²) in [5.41, 5.74) is 5.55. The number of methoxy groups -OCH3 is 1. The first-order valence-electron chi connectivity index (χ1n) is 4.64. The van der Waals surface area contributed by atoms with E-state index in [1.54, 1.807) is 7.11 Å². The quantitative estimate of drug-likeness (QED) is 0.726. The molecule has 1 aromatic heterocycles. The Hall–Kier alpha value is -1.36. The van der Waals surface area contributed by atoms with E-state index in [0.29, 0.717) is 11.8 Å². The van der Waals surface area contributed by atoms with Crippen LogP contribution in [0.3, 0.4) is 0 Å². The maximum atomic E-state index is 5.55. The third-order valence-electron chi connectivity index (χ3n) is 2.45. The predicted molar refractivity (Wildman–Crippen MR) is 53.3 cm³/mol. The zero-order chi connectivity index (χ0) is 9.97.